The van der Waals surface area contributed by atoms with Gasteiger partial charge in [0.15, 0.2) is 5.65 Å². The Hall–Kier alpha value is -2.70. The number of fused-ring (bicyclic) bond motifs is 1. The summed E-state index contributed by atoms with van der Waals surface area (Å²) in [6, 6.07) is 9.78. The number of ether oxygens (including phenoxy) is 1. The second kappa shape index (κ2) is 6.07. The van der Waals surface area contributed by atoms with Crippen molar-refractivity contribution in [2.75, 3.05) is 5.32 Å². The summed E-state index contributed by atoms with van der Waals surface area (Å²) < 4.78 is 43.5. The number of pyridine rings is 1. The van der Waals surface area contributed by atoms with Crippen molar-refractivity contribution in [1.29, 1.82) is 0 Å². The van der Waals surface area contributed by atoms with E-state index < -0.39 is 6.36 Å². The molecule has 126 valence electrons. The lowest BCUT2D eigenvalue weighted by Crippen LogP contribution is -2.18. The molecule has 0 aliphatic rings. The van der Waals surface area contributed by atoms with Crippen molar-refractivity contribution in [1.82, 2.24) is 9.38 Å². The smallest absolute Gasteiger partial charge is 0.405 e. The molecule has 3 aromatic rings. The molecule has 2 heterocycles. The molecule has 0 saturated heterocycles. The molecule has 24 heavy (non-hydrogen) atoms. The minimum absolute atomic E-state index is 0.191. The van der Waals surface area contributed by atoms with Crippen molar-refractivity contribution in [3.05, 3.63) is 59.5 Å². The molecule has 0 saturated carbocycles. The Bertz CT molecular complexity index is 871. The van der Waals surface area contributed by atoms with E-state index >= 15 is 0 Å². The molecule has 3 rings (SSSR count). The Kier molecular flexibility index (Phi) is 4.09. The first-order chi connectivity index (χ1) is 11.3. The molecular weight excluding hydrogens is 319 g/mol. The molecule has 4 nitrogen and oxygen atoms in total. The highest BCUT2D eigenvalue weighted by atomic mass is 19.4. The van der Waals surface area contributed by atoms with Gasteiger partial charge in [0, 0.05) is 24.0 Å². The molecular formula is C17H16F3N3O. The van der Waals surface area contributed by atoms with E-state index in [0.717, 1.165) is 22.7 Å². The fourth-order valence-electron chi connectivity index (χ4n) is 2.50. The van der Waals surface area contributed by atoms with Crippen molar-refractivity contribution in [3.63, 3.8) is 0 Å². The number of alkyl halides is 3. The predicted octanol–water partition coefficient (Wildman–Crippen LogP) is 4.46. The molecule has 7 heteroatoms. The van der Waals surface area contributed by atoms with Crippen LogP contribution < -0.4 is 10.1 Å². The minimum Gasteiger partial charge on any atom is -0.405 e. The number of nitrogens with one attached hydrogen (secondary N) is 1. The number of hydrogen-bond donors (Lipinski definition) is 1. The van der Waals surface area contributed by atoms with Gasteiger partial charge in [-0.3, -0.25) is 0 Å². The molecule has 2 aromatic heterocycles. The van der Waals surface area contributed by atoms with Crippen LogP contribution in [0.5, 0.6) is 5.75 Å². The lowest BCUT2D eigenvalue weighted by Gasteiger charge is -2.14. The van der Waals surface area contributed by atoms with Crippen molar-refractivity contribution < 1.29 is 17.9 Å². The summed E-state index contributed by atoms with van der Waals surface area (Å²) in [6.07, 6.45) is -2.82. The highest BCUT2D eigenvalue weighted by Crippen LogP contribution is 2.27. The zero-order valence-electron chi connectivity index (χ0n) is 13.2. The second-order valence-electron chi connectivity index (χ2n) is 5.41. The normalized spacial score (nSPS) is 11.7. The number of aromatic nitrogens is 2. The maximum atomic E-state index is 12.5. The van der Waals surface area contributed by atoms with E-state index in [1.165, 1.54) is 12.1 Å². The number of para-hydroxylation sites is 1. The summed E-state index contributed by atoms with van der Waals surface area (Å²) in [5.41, 5.74) is 3.83. The van der Waals surface area contributed by atoms with E-state index in [9.17, 15) is 13.2 Å². The Morgan fingerprint density at radius 3 is 2.62 bits per heavy atom. The van der Waals surface area contributed by atoms with E-state index in [2.05, 4.69) is 15.0 Å². The number of hydrogen-bond acceptors (Lipinski definition) is 3. The van der Waals surface area contributed by atoms with Crippen LogP contribution in [0.15, 0.2) is 42.6 Å². The summed E-state index contributed by atoms with van der Waals surface area (Å²) >= 11 is 0. The van der Waals surface area contributed by atoms with Gasteiger partial charge >= 0.3 is 6.36 Å². The number of rotatable bonds is 4. The minimum atomic E-state index is -4.71. The van der Waals surface area contributed by atoms with Crippen LogP contribution in [0.25, 0.3) is 5.65 Å². The largest absolute Gasteiger partial charge is 0.573 e. The van der Waals surface area contributed by atoms with Crippen LogP contribution in [-0.2, 0) is 6.54 Å². The molecule has 0 atom stereocenters. The lowest BCUT2D eigenvalue weighted by molar-refractivity contribution is -0.274. The van der Waals surface area contributed by atoms with Crippen LogP contribution in [0, 0.1) is 13.8 Å². The van der Waals surface area contributed by atoms with Gasteiger partial charge in [-0.05, 0) is 32.0 Å². The summed E-state index contributed by atoms with van der Waals surface area (Å²) in [5, 5.41) is 3.14. The molecule has 0 unspecified atom stereocenters. The SMILES string of the molecule is Cc1nc2c(NCc3ccccc3OC(F)(F)F)cccn2c1C. The third-order valence-corrected chi connectivity index (χ3v) is 3.79. The Morgan fingerprint density at radius 1 is 1.12 bits per heavy atom. The first-order valence-corrected chi connectivity index (χ1v) is 7.37. The van der Waals surface area contributed by atoms with E-state index in [0.29, 0.717) is 5.56 Å². The summed E-state index contributed by atoms with van der Waals surface area (Å²) in [5.74, 6) is -0.208. The molecule has 1 N–H and O–H groups in total. The van der Waals surface area contributed by atoms with E-state index in [4.69, 9.17) is 0 Å². The third-order valence-electron chi connectivity index (χ3n) is 3.79. The van der Waals surface area contributed by atoms with Crippen LogP contribution in [-0.4, -0.2) is 15.7 Å². The summed E-state index contributed by atoms with van der Waals surface area (Å²) in [4.78, 5) is 4.50. The molecule has 0 spiro atoms. The first-order valence-electron chi connectivity index (χ1n) is 7.37. The van der Waals surface area contributed by atoms with Gasteiger partial charge in [0.05, 0.1) is 11.4 Å². The standard InChI is InChI=1S/C17H16F3N3O/c1-11-12(2)23-9-5-7-14(16(23)22-11)21-10-13-6-3-4-8-15(13)24-17(18,19)20/h3-9,21H,10H2,1-2H3. The number of nitrogens with zero attached hydrogens (tertiary/aromatic N) is 2. The summed E-state index contributed by atoms with van der Waals surface area (Å²) in [7, 11) is 0. The van der Waals surface area contributed by atoms with Gasteiger partial charge in [0.2, 0.25) is 0 Å². The van der Waals surface area contributed by atoms with Gasteiger partial charge in [0.1, 0.15) is 5.75 Å². The Labute approximate surface area is 136 Å². The van der Waals surface area contributed by atoms with Gasteiger partial charge < -0.3 is 14.5 Å². The lowest BCUT2D eigenvalue weighted by atomic mass is 10.2. The summed E-state index contributed by atoms with van der Waals surface area (Å²) in [6.45, 7) is 4.07. The molecule has 0 amide bonds. The highest BCUT2D eigenvalue weighted by molar-refractivity contribution is 5.68. The molecule has 0 aliphatic carbocycles. The third kappa shape index (κ3) is 3.29. The van der Waals surface area contributed by atoms with Crippen molar-refractivity contribution in [2.24, 2.45) is 0 Å². The van der Waals surface area contributed by atoms with Crippen LogP contribution in [0.2, 0.25) is 0 Å². The fourth-order valence-corrected chi connectivity index (χ4v) is 2.50. The molecule has 0 radical (unpaired) electrons. The number of halogens is 3. The number of imidazole rings is 1. The maximum absolute atomic E-state index is 12.5. The quantitative estimate of drug-likeness (QED) is 0.765. The van der Waals surface area contributed by atoms with Crippen molar-refractivity contribution >= 4 is 11.3 Å². The van der Waals surface area contributed by atoms with Crippen LogP contribution in [0.1, 0.15) is 17.0 Å². The second-order valence-corrected chi connectivity index (χ2v) is 5.41. The maximum Gasteiger partial charge on any atom is 0.573 e. The zero-order chi connectivity index (χ0) is 17.3. The molecule has 0 bridgehead atoms. The Morgan fingerprint density at radius 2 is 1.88 bits per heavy atom. The average Bonchev–Trinajstić information content (AvgIpc) is 2.81. The number of anilines is 1. The van der Waals surface area contributed by atoms with Gasteiger partial charge in [-0.15, -0.1) is 13.2 Å². The Balaban J connectivity index is 1.86. The first kappa shape index (κ1) is 16.2. The number of benzene rings is 1. The monoisotopic (exact) mass is 335 g/mol. The van der Waals surface area contributed by atoms with Gasteiger partial charge in [-0.25, -0.2) is 4.98 Å². The van der Waals surface area contributed by atoms with Gasteiger partial charge in [-0.2, -0.15) is 0 Å². The number of aryl methyl sites for hydroxylation is 2. The molecule has 0 aliphatic heterocycles. The van der Waals surface area contributed by atoms with Crippen molar-refractivity contribution in [3.8, 4) is 5.75 Å². The van der Waals surface area contributed by atoms with Crippen LogP contribution in [0.4, 0.5) is 18.9 Å². The molecule has 0 fully saturated rings. The fraction of sp³-hybridized carbons (Fsp3) is 0.235. The average molecular weight is 335 g/mol. The van der Waals surface area contributed by atoms with Gasteiger partial charge in [-0.1, -0.05) is 18.2 Å². The van der Waals surface area contributed by atoms with E-state index in [-0.39, 0.29) is 12.3 Å². The predicted molar refractivity (Wildman–Crippen MR) is 85.1 cm³/mol. The van der Waals surface area contributed by atoms with Gasteiger partial charge in [0.25, 0.3) is 0 Å². The van der Waals surface area contributed by atoms with Crippen LogP contribution in [0.3, 0.4) is 0 Å². The highest BCUT2D eigenvalue weighted by Gasteiger charge is 2.31. The van der Waals surface area contributed by atoms with Crippen LogP contribution >= 0.6 is 0 Å². The van der Waals surface area contributed by atoms with E-state index in [1.54, 1.807) is 12.1 Å². The zero-order valence-corrected chi connectivity index (χ0v) is 13.2. The van der Waals surface area contributed by atoms with Crippen molar-refractivity contribution in [2.45, 2.75) is 26.8 Å². The molecule has 1 aromatic carbocycles. The van der Waals surface area contributed by atoms with E-state index in [1.807, 2.05) is 36.6 Å². The topological polar surface area (TPSA) is 38.6 Å².